The van der Waals surface area contributed by atoms with Crippen LogP contribution in [0.25, 0.3) is 0 Å². The number of amides is 1. The number of hydrogen-bond donors (Lipinski definition) is 2. The maximum Gasteiger partial charge on any atom is 0.240 e. The fraction of sp³-hybridized carbons (Fsp3) is 0.429. The highest BCUT2D eigenvalue weighted by Crippen LogP contribution is 2.17. The summed E-state index contributed by atoms with van der Waals surface area (Å²) in [6, 6.07) is 5.83. The summed E-state index contributed by atoms with van der Waals surface area (Å²) >= 11 is 1.33. The first-order chi connectivity index (χ1) is 10.8. The van der Waals surface area contributed by atoms with E-state index in [0.29, 0.717) is 17.6 Å². The first-order valence-electron chi connectivity index (χ1n) is 7.23. The molecule has 0 unspecified atom stereocenters. The number of nitrogens with zero attached hydrogens (tertiary/aromatic N) is 4. The number of aromatic nitrogens is 3. The Morgan fingerprint density at radius 1 is 1.45 bits per heavy atom. The summed E-state index contributed by atoms with van der Waals surface area (Å²) in [5.74, 6) is 1.40. The van der Waals surface area contributed by atoms with Gasteiger partial charge in [0.05, 0.1) is 6.54 Å². The standard InChI is InChI=1S/C14H18N6OS/c21-13(18-14-19-17-10-22-14)9-20-6-4-11(8-20)7-16-12-3-1-2-5-15-12/h1-3,5,10-11H,4,6-9H2,(H,15,16)(H,18,19,21)/t11-/m1/s1. The van der Waals surface area contributed by atoms with E-state index < -0.39 is 0 Å². The van der Waals surface area contributed by atoms with Gasteiger partial charge in [-0.25, -0.2) is 4.98 Å². The van der Waals surface area contributed by atoms with Crippen LogP contribution in [0, 0.1) is 5.92 Å². The molecule has 22 heavy (non-hydrogen) atoms. The van der Waals surface area contributed by atoms with E-state index >= 15 is 0 Å². The van der Waals surface area contributed by atoms with Gasteiger partial charge in [0.15, 0.2) is 0 Å². The number of carbonyl (C=O) groups is 1. The van der Waals surface area contributed by atoms with Crippen LogP contribution in [0.15, 0.2) is 29.9 Å². The van der Waals surface area contributed by atoms with Crippen LogP contribution in [0.2, 0.25) is 0 Å². The minimum Gasteiger partial charge on any atom is -0.370 e. The third-order valence-corrected chi connectivity index (χ3v) is 4.19. The molecular weight excluding hydrogens is 300 g/mol. The van der Waals surface area contributed by atoms with E-state index in [-0.39, 0.29) is 5.91 Å². The summed E-state index contributed by atoms with van der Waals surface area (Å²) < 4.78 is 0. The Bertz CT molecular complexity index is 591. The zero-order chi connectivity index (χ0) is 15.2. The Labute approximate surface area is 132 Å². The highest BCUT2D eigenvalue weighted by molar-refractivity contribution is 7.13. The molecule has 0 radical (unpaired) electrons. The Morgan fingerprint density at radius 3 is 3.18 bits per heavy atom. The van der Waals surface area contributed by atoms with Crippen LogP contribution in [0.3, 0.4) is 0 Å². The predicted octanol–water partition coefficient (Wildman–Crippen LogP) is 1.31. The topological polar surface area (TPSA) is 83.0 Å². The monoisotopic (exact) mass is 318 g/mol. The highest BCUT2D eigenvalue weighted by atomic mass is 32.1. The van der Waals surface area contributed by atoms with Crippen LogP contribution in [0.4, 0.5) is 10.9 Å². The molecule has 116 valence electrons. The number of rotatable bonds is 6. The Hall–Kier alpha value is -2.06. The van der Waals surface area contributed by atoms with Crippen molar-refractivity contribution in [1.82, 2.24) is 20.1 Å². The van der Waals surface area contributed by atoms with Crippen LogP contribution in [-0.4, -0.2) is 52.2 Å². The lowest BCUT2D eigenvalue weighted by Gasteiger charge is -2.15. The molecule has 1 fully saturated rings. The average Bonchev–Trinajstić information content (AvgIpc) is 3.18. The number of nitrogens with one attached hydrogen (secondary N) is 2. The van der Waals surface area contributed by atoms with Crippen molar-refractivity contribution in [2.45, 2.75) is 6.42 Å². The van der Waals surface area contributed by atoms with Gasteiger partial charge in [0.2, 0.25) is 11.0 Å². The van der Waals surface area contributed by atoms with Crippen molar-refractivity contribution in [1.29, 1.82) is 0 Å². The molecule has 0 aliphatic carbocycles. The van der Waals surface area contributed by atoms with Crippen molar-refractivity contribution >= 4 is 28.2 Å². The van der Waals surface area contributed by atoms with Gasteiger partial charge in [-0.05, 0) is 31.0 Å². The second kappa shape index (κ2) is 7.28. The molecule has 7 nitrogen and oxygen atoms in total. The smallest absolute Gasteiger partial charge is 0.240 e. The molecular formula is C14H18N6OS. The molecule has 3 rings (SSSR count). The normalized spacial score (nSPS) is 18.3. The van der Waals surface area contributed by atoms with E-state index in [2.05, 4.69) is 30.7 Å². The second-order valence-corrected chi connectivity index (χ2v) is 6.11. The lowest BCUT2D eigenvalue weighted by Crippen LogP contribution is -2.32. The molecule has 2 aromatic heterocycles. The lowest BCUT2D eigenvalue weighted by atomic mass is 10.1. The number of anilines is 2. The summed E-state index contributed by atoms with van der Waals surface area (Å²) in [5, 5.41) is 14.2. The summed E-state index contributed by atoms with van der Waals surface area (Å²) in [6.45, 7) is 3.15. The van der Waals surface area contributed by atoms with E-state index in [1.165, 1.54) is 11.3 Å². The molecule has 2 N–H and O–H groups in total. The van der Waals surface area contributed by atoms with E-state index in [1.54, 1.807) is 11.7 Å². The van der Waals surface area contributed by atoms with Crippen LogP contribution in [0.1, 0.15) is 6.42 Å². The lowest BCUT2D eigenvalue weighted by molar-refractivity contribution is -0.117. The van der Waals surface area contributed by atoms with Crippen molar-refractivity contribution in [3.63, 3.8) is 0 Å². The largest absolute Gasteiger partial charge is 0.370 e. The van der Waals surface area contributed by atoms with Gasteiger partial charge in [-0.1, -0.05) is 17.4 Å². The van der Waals surface area contributed by atoms with Crippen molar-refractivity contribution in [2.75, 3.05) is 36.8 Å². The molecule has 1 saturated heterocycles. The molecule has 8 heteroatoms. The van der Waals surface area contributed by atoms with Crippen molar-refractivity contribution in [3.8, 4) is 0 Å². The van der Waals surface area contributed by atoms with E-state index in [1.807, 2.05) is 18.2 Å². The molecule has 3 heterocycles. The maximum absolute atomic E-state index is 11.9. The average molecular weight is 318 g/mol. The third kappa shape index (κ3) is 4.22. The minimum absolute atomic E-state index is 0.0323. The molecule has 1 aliphatic rings. The SMILES string of the molecule is O=C(CN1CC[C@H](CNc2ccccn2)C1)Nc1nncs1. The molecule has 1 amide bonds. The zero-order valence-corrected chi connectivity index (χ0v) is 12.9. The first kappa shape index (κ1) is 14.9. The van der Waals surface area contributed by atoms with E-state index in [4.69, 9.17) is 0 Å². The number of pyridine rings is 1. The summed E-state index contributed by atoms with van der Waals surface area (Å²) in [7, 11) is 0. The quantitative estimate of drug-likeness (QED) is 0.835. The Morgan fingerprint density at radius 2 is 2.41 bits per heavy atom. The Kier molecular flexibility index (Phi) is 4.92. The fourth-order valence-electron chi connectivity index (χ4n) is 2.53. The third-order valence-electron chi connectivity index (χ3n) is 3.58. The molecule has 0 saturated carbocycles. The van der Waals surface area contributed by atoms with Gasteiger partial charge in [0.1, 0.15) is 11.3 Å². The zero-order valence-electron chi connectivity index (χ0n) is 12.1. The Balaban J connectivity index is 1.39. The molecule has 0 spiro atoms. The van der Waals surface area contributed by atoms with Crippen molar-refractivity contribution in [3.05, 3.63) is 29.9 Å². The van der Waals surface area contributed by atoms with Gasteiger partial charge < -0.3 is 5.32 Å². The van der Waals surface area contributed by atoms with Gasteiger partial charge in [-0.15, -0.1) is 10.2 Å². The van der Waals surface area contributed by atoms with Crippen LogP contribution >= 0.6 is 11.3 Å². The summed E-state index contributed by atoms with van der Waals surface area (Å²) in [4.78, 5) is 18.3. The van der Waals surface area contributed by atoms with Crippen LogP contribution < -0.4 is 10.6 Å². The molecule has 0 aromatic carbocycles. The van der Waals surface area contributed by atoms with Crippen LogP contribution in [-0.2, 0) is 4.79 Å². The molecule has 1 atom stereocenters. The van der Waals surface area contributed by atoms with Crippen molar-refractivity contribution < 1.29 is 4.79 Å². The highest BCUT2D eigenvalue weighted by Gasteiger charge is 2.24. The molecule has 0 bridgehead atoms. The van der Waals surface area contributed by atoms with Gasteiger partial charge in [0, 0.05) is 19.3 Å². The number of carbonyl (C=O) groups excluding carboxylic acids is 1. The second-order valence-electron chi connectivity index (χ2n) is 5.28. The van der Waals surface area contributed by atoms with Crippen molar-refractivity contribution in [2.24, 2.45) is 5.92 Å². The van der Waals surface area contributed by atoms with Gasteiger partial charge in [-0.3, -0.25) is 15.0 Å². The number of hydrogen-bond acceptors (Lipinski definition) is 7. The number of likely N-dealkylation sites (tertiary alicyclic amines) is 1. The summed E-state index contributed by atoms with van der Waals surface area (Å²) in [5.41, 5.74) is 1.60. The van der Waals surface area contributed by atoms with E-state index in [9.17, 15) is 4.79 Å². The minimum atomic E-state index is -0.0323. The van der Waals surface area contributed by atoms with Gasteiger partial charge in [0.25, 0.3) is 0 Å². The first-order valence-corrected chi connectivity index (χ1v) is 8.11. The molecule has 2 aromatic rings. The van der Waals surface area contributed by atoms with Gasteiger partial charge in [-0.2, -0.15) is 0 Å². The fourth-order valence-corrected chi connectivity index (χ4v) is 2.99. The van der Waals surface area contributed by atoms with Gasteiger partial charge >= 0.3 is 0 Å². The molecule has 1 aliphatic heterocycles. The maximum atomic E-state index is 11.9. The summed E-state index contributed by atoms with van der Waals surface area (Å²) in [6.07, 6.45) is 2.87. The van der Waals surface area contributed by atoms with E-state index in [0.717, 1.165) is 31.9 Å². The van der Waals surface area contributed by atoms with Crippen LogP contribution in [0.5, 0.6) is 0 Å². The predicted molar refractivity (Wildman–Crippen MR) is 85.8 cm³/mol.